The second-order valence-corrected chi connectivity index (χ2v) is 6.47. The molecule has 1 saturated carbocycles. The van der Waals surface area contributed by atoms with Crippen LogP contribution in [0.5, 0.6) is 0 Å². The highest BCUT2D eigenvalue weighted by molar-refractivity contribution is 5.80. The van der Waals surface area contributed by atoms with Crippen LogP contribution < -0.4 is 5.32 Å². The minimum Gasteiger partial charge on any atom is -0.480 e. The van der Waals surface area contributed by atoms with E-state index in [4.69, 9.17) is 9.47 Å². The molecule has 0 bridgehead atoms. The van der Waals surface area contributed by atoms with Gasteiger partial charge in [0.15, 0.2) is 0 Å². The second kappa shape index (κ2) is 8.91. The molecule has 6 nitrogen and oxygen atoms in total. The zero-order valence-electron chi connectivity index (χ0n) is 13.5. The summed E-state index contributed by atoms with van der Waals surface area (Å²) in [6.45, 7) is 4.66. The molecule has 1 saturated heterocycles. The minimum absolute atomic E-state index is 0.00302. The Balaban J connectivity index is 1.82. The maximum atomic E-state index is 12.1. The third-order valence-corrected chi connectivity index (χ3v) is 4.79. The Morgan fingerprint density at radius 2 is 2.09 bits per heavy atom. The normalized spacial score (nSPS) is 25.9. The number of carbonyl (C=O) groups is 2. The first-order valence-electron chi connectivity index (χ1n) is 8.50. The fourth-order valence-corrected chi connectivity index (χ4v) is 3.47. The molecule has 0 aromatic carbocycles. The van der Waals surface area contributed by atoms with Crippen molar-refractivity contribution in [2.24, 2.45) is 11.8 Å². The average molecular weight is 325 g/mol. The summed E-state index contributed by atoms with van der Waals surface area (Å²) in [4.78, 5) is 23.5. The van der Waals surface area contributed by atoms with Gasteiger partial charge < -0.3 is 19.9 Å². The number of carbonyl (C=O) groups excluding carboxylic acids is 1. The van der Waals surface area contributed by atoms with Crippen LogP contribution in [0.25, 0.3) is 0 Å². The summed E-state index contributed by atoms with van der Waals surface area (Å²) in [7, 11) is 0. The number of amides is 1. The van der Waals surface area contributed by atoms with Crippen LogP contribution >= 0.6 is 0 Å². The van der Waals surface area contributed by atoms with Gasteiger partial charge in [-0.15, -0.1) is 6.58 Å². The summed E-state index contributed by atoms with van der Waals surface area (Å²) in [6, 6.07) is -0.855. The van der Waals surface area contributed by atoms with Crippen molar-refractivity contribution in [3.8, 4) is 0 Å². The molecule has 2 N–H and O–H groups in total. The highest BCUT2D eigenvalue weighted by Gasteiger charge is 2.35. The van der Waals surface area contributed by atoms with Crippen molar-refractivity contribution >= 4 is 12.1 Å². The molecule has 0 aromatic rings. The van der Waals surface area contributed by atoms with Gasteiger partial charge in [-0.3, -0.25) is 0 Å². The van der Waals surface area contributed by atoms with Crippen LogP contribution in [0.1, 0.15) is 44.9 Å². The van der Waals surface area contributed by atoms with E-state index in [1.165, 1.54) is 0 Å². The summed E-state index contributed by atoms with van der Waals surface area (Å²) in [5, 5.41) is 11.9. The number of nitrogens with one attached hydrogen (secondary N) is 1. The lowest BCUT2D eigenvalue weighted by Crippen LogP contribution is -2.46. The Labute approximate surface area is 137 Å². The molecule has 1 heterocycles. The van der Waals surface area contributed by atoms with E-state index in [1.54, 1.807) is 0 Å². The predicted octanol–water partition coefficient (Wildman–Crippen LogP) is 2.73. The zero-order valence-corrected chi connectivity index (χ0v) is 13.5. The topological polar surface area (TPSA) is 84.9 Å². The van der Waals surface area contributed by atoms with E-state index in [9.17, 15) is 14.7 Å². The summed E-state index contributed by atoms with van der Waals surface area (Å²) in [5.41, 5.74) is 0. The first-order valence-corrected chi connectivity index (χ1v) is 8.50. The Bertz CT molecular complexity index is 419. The average Bonchev–Trinajstić information content (AvgIpc) is 3.17. The van der Waals surface area contributed by atoms with Gasteiger partial charge in [-0.25, -0.2) is 9.59 Å². The number of allylic oxidation sites excluding steroid dienone is 1. The Hall–Kier alpha value is -1.56. The smallest absolute Gasteiger partial charge is 0.408 e. The van der Waals surface area contributed by atoms with Gasteiger partial charge in [0, 0.05) is 5.92 Å². The van der Waals surface area contributed by atoms with Crippen LogP contribution in [0.15, 0.2) is 12.7 Å². The van der Waals surface area contributed by atoms with Crippen LogP contribution in [0.4, 0.5) is 4.79 Å². The van der Waals surface area contributed by atoms with E-state index in [2.05, 4.69) is 11.9 Å². The minimum atomic E-state index is -0.987. The standard InChI is InChI=1S/C17H27NO5/c1-2-3-4-9-13-10-22-11-14(13)23-17(21)18-15(16(19)20)12-7-5-6-8-12/h2,12-15H,1,3-11H2,(H,18,21)(H,19,20)/t13-,14-,15-/m0/s1. The molecular formula is C17H27NO5. The highest BCUT2D eigenvalue weighted by atomic mass is 16.6. The molecule has 0 unspecified atom stereocenters. The van der Waals surface area contributed by atoms with E-state index in [0.29, 0.717) is 13.2 Å². The number of carboxylic acids is 1. The monoisotopic (exact) mass is 325 g/mol. The Kier molecular flexibility index (Phi) is 6.89. The molecule has 0 spiro atoms. The van der Waals surface area contributed by atoms with Crippen molar-refractivity contribution in [3.05, 3.63) is 12.7 Å². The Morgan fingerprint density at radius 3 is 2.74 bits per heavy atom. The van der Waals surface area contributed by atoms with Gasteiger partial charge >= 0.3 is 12.1 Å². The van der Waals surface area contributed by atoms with Crippen molar-refractivity contribution in [2.45, 2.75) is 57.1 Å². The van der Waals surface area contributed by atoms with Crippen molar-refractivity contribution < 1.29 is 24.2 Å². The molecule has 0 aromatic heterocycles. The number of unbranched alkanes of at least 4 members (excludes halogenated alkanes) is 1. The molecule has 1 aliphatic heterocycles. The van der Waals surface area contributed by atoms with Gasteiger partial charge in [0.1, 0.15) is 12.1 Å². The number of rotatable bonds is 8. The lowest BCUT2D eigenvalue weighted by molar-refractivity contribution is -0.140. The fraction of sp³-hybridized carbons (Fsp3) is 0.765. The molecule has 2 aliphatic rings. The van der Waals surface area contributed by atoms with Crippen LogP contribution in [0.3, 0.4) is 0 Å². The molecule has 2 rings (SSSR count). The van der Waals surface area contributed by atoms with E-state index < -0.39 is 18.1 Å². The fourth-order valence-electron chi connectivity index (χ4n) is 3.47. The van der Waals surface area contributed by atoms with E-state index >= 15 is 0 Å². The summed E-state index contributed by atoms with van der Waals surface area (Å²) < 4.78 is 10.8. The van der Waals surface area contributed by atoms with E-state index in [-0.39, 0.29) is 17.9 Å². The SMILES string of the molecule is C=CCCC[C@H]1COC[C@@H]1OC(=O)N[C@H](C(=O)O)C1CCCC1. The number of carboxylic acid groups (broad SMARTS) is 1. The van der Waals surface area contributed by atoms with Crippen molar-refractivity contribution in [1.82, 2.24) is 5.32 Å². The third kappa shape index (κ3) is 5.23. The first-order chi connectivity index (χ1) is 11.1. The number of alkyl carbamates (subject to hydrolysis) is 1. The van der Waals surface area contributed by atoms with Gasteiger partial charge in [0.25, 0.3) is 0 Å². The number of aliphatic carboxylic acids is 1. The quantitative estimate of drug-likeness (QED) is 0.529. The van der Waals surface area contributed by atoms with Crippen LogP contribution in [0.2, 0.25) is 0 Å². The molecule has 3 atom stereocenters. The van der Waals surface area contributed by atoms with Crippen molar-refractivity contribution in [3.63, 3.8) is 0 Å². The molecule has 2 fully saturated rings. The summed E-state index contributed by atoms with van der Waals surface area (Å²) >= 11 is 0. The lowest BCUT2D eigenvalue weighted by atomic mass is 9.98. The second-order valence-electron chi connectivity index (χ2n) is 6.47. The lowest BCUT2D eigenvalue weighted by Gasteiger charge is -2.23. The summed E-state index contributed by atoms with van der Waals surface area (Å²) in [5.74, 6) is -0.808. The van der Waals surface area contributed by atoms with Crippen molar-refractivity contribution in [2.75, 3.05) is 13.2 Å². The van der Waals surface area contributed by atoms with E-state index in [0.717, 1.165) is 44.9 Å². The first kappa shape index (κ1) is 17.8. The molecule has 0 radical (unpaired) electrons. The van der Waals surface area contributed by atoms with E-state index in [1.807, 2.05) is 6.08 Å². The molecule has 6 heteroatoms. The highest BCUT2D eigenvalue weighted by Crippen LogP contribution is 2.28. The molecule has 130 valence electrons. The maximum absolute atomic E-state index is 12.1. The number of hydrogen-bond acceptors (Lipinski definition) is 4. The Morgan fingerprint density at radius 1 is 1.35 bits per heavy atom. The summed E-state index contributed by atoms with van der Waals surface area (Å²) in [6.07, 6.45) is 7.48. The van der Waals surface area contributed by atoms with Crippen LogP contribution in [-0.2, 0) is 14.3 Å². The molecule has 1 amide bonds. The van der Waals surface area contributed by atoms with Gasteiger partial charge in [-0.1, -0.05) is 18.9 Å². The molecule has 23 heavy (non-hydrogen) atoms. The predicted molar refractivity (Wildman–Crippen MR) is 85.1 cm³/mol. The van der Waals surface area contributed by atoms with Gasteiger partial charge in [-0.05, 0) is 38.0 Å². The van der Waals surface area contributed by atoms with Crippen LogP contribution in [0, 0.1) is 11.8 Å². The van der Waals surface area contributed by atoms with Crippen LogP contribution in [-0.4, -0.2) is 42.5 Å². The zero-order chi connectivity index (χ0) is 16.7. The maximum Gasteiger partial charge on any atom is 0.408 e. The van der Waals surface area contributed by atoms with Gasteiger partial charge in [0.05, 0.1) is 13.2 Å². The molecule has 1 aliphatic carbocycles. The number of ether oxygens (including phenoxy) is 2. The van der Waals surface area contributed by atoms with Crippen molar-refractivity contribution in [1.29, 1.82) is 0 Å². The third-order valence-electron chi connectivity index (χ3n) is 4.79. The molecular weight excluding hydrogens is 298 g/mol. The number of hydrogen-bond donors (Lipinski definition) is 2. The largest absolute Gasteiger partial charge is 0.480 e. The van der Waals surface area contributed by atoms with Gasteiger partial charge in [0.2, 0.25) is 0 Å². The van der Waals surface area contributed by atoms with Gasteiger partial charge in [-0.2, -0.15) is 0 Å².